The van der Waals surface area contributed by atoms with E-state index in [4.69, 9.17) is 29.2 Å². The van der Waals surface area contributed by atoms with Crippen LogP contribution in [0, 0.1) is 6.92 Å². The number of fused-ring (bicyclic) bond motifs is 3. The van der Waals surface area contributed by atoms with E-state index in [1.54, 1.807) is 7.05 Å². The van der Waals surface area contributed by atoms with E-state index in [9.17, 15) is 48.2 Å². The normalized spacial score (nSPS) is 30.8. The van der Waals surface area contributed by atoms with Crippen LogP contribution in [0.15, 0.2) is 22.2 Å². The number of aryl methyl sites for hydroxylation is 2. The molecule has 7 rings (SSSR count). The highest BCUT2D eigenvalue weighted by Gasteiger charge is 2.54. The van der Waals surface area contributed by atoms with Gasteiger partial charge in [-0.2, -0.15) is 8.62 Å². The number of rotatable bonds is 12. The van der Waals surface area contributed by atoms with Crippen LogP contribution in [-0.4, -0.2) is 116 Å². The topological polar surface area (TPSA) is 370 Å². The van der Waals surface area contributed by atoms with Crippen LogP contribution < -0.4 is 21.4 Å². The lowest BCUT2D eigenvalue weighted by Crippen LogP contribution is -2.45. The molecule has 3 saturated heterocycles. The van der Waals surface area contributed by atoms with Gasteiger partial charge in [-0.05, 0) is 6.92 Å². The monoisotopic (exact) mass is 814 g/mol. The zero-order valence-corrected chi connectivity index (χ0v) is 29.7. The average Bonchev–Trinajstić information content (AvgIpc) is 3.85. The highest BCUT2D eigenvalue weighted by molar-refractivity contribution is 7.66. The number of phosphoric acid groups is 3. The number of aromatic nitrogens is 8. The number of nitrogens with two attached hydrogens (primary N) is 1. The largest absolute Gasteiger partial charge is 0.490 e. The fourth-order valence-corrected chi connectivity index (χ4v) is 9.60. The fraction of sp³-hybridized carbons (Fsp3) is 0.565. The molecule has 9 N–H and O–H groups in total. The van der Waals surface area contributed by atoms with E-state index in [0.29, 0.717) is 0 Å². The predicted molar refractivity (Wildman–Crippen MR) is 167 cm³/mol. The van der Waals surface area contributed by atoms with Crippen LogP contribution in [0.4, 0.5) is 5.95 Å². The number of phosphoric ester groups is 2. The Morgan fingerprint density at radius 1 is 0.943 bits per heavy atom. The number of aromatic amines is 2. The lowest BCUT2D eigenvalue weighted by molar-refractivity contribution is -0.745. The summed E-state index contributed by atoms with van der Waals surface area (Å²) in [6.07, 6.45) is -7.86. The molecule has 0 amide bonds. The van der Waals surface area contributed by atoms with Crippen LogP contribution in [0.1, 0.15) is 18.3 Å². The highest BCUT2D eigenvalue weighted by atomic mass is 31.3. The van der Waals surface area contributed by atoms with E-state index in [1.165, 1.54) is 22.4 Å². The zero-order chi connectivity index (χ0) is 38.2. The second kappa shape index (κ2) is 13.8. The maximum atomic E-state index is 12.7. The number of nitrogens with one attached hydrogen (secondary N) is 2. The lowest BCUT2D eigenvalue weighted by Gasteiger charge is -2.21. The Morgan fingerprint density at radius 3 is 2.30 bits per heavy atom. The van der Waals surface area contributed by atoms with Crippen LogP contribution >= 0.6 is 23.5 Å². The second-order valence-electron chi connectivity index (χ2n) is 11.9. The minimum Gasteiger partial charge on any atom is -0.387 e. The fourth-order valence-electron chi connectivity index (χ4n) is 6.07. The molecule has 30 heteroatoms. The molecule has 0 saturated carbocycles. The van der Waals surface area contributed by atoms with Crippen molar-refractivity contribution >= 4 is 51.7 Å². The molecule has 0 bridgehead atoms. The minimum absolute atomic E-state index is 0.0121. The molecule has 3 aliphatic rings. The number of anilines is 1. The number of H-pyrrole nitrogens is 2. The second-order valence-corrected chi connectivity index (χ2v) is 16.5. The lowest BCUT2D eigenvalue weighted by atomic mass is 10.1. The van der Waals surface area contributed by atoms with Crippen molar-refractivity contribution in [1.82, 2.24) is 34.1 Å². The summed E-state index contributed by atoms with van der Waals surface area (Å²) in [6.45, 7) is -0.584. The van der Waals surface area contributed by atoms with E-state index in [2.05, 4.69) is 38.1 Å². The first-order chi connectivity index (χ1) is 24.8. The van der Waals surface area contributed by atoms with Crippen molar-refractivity contribution in [1.29, 1.82) is 0 Å². The van der Waals surface area contributed by atoms with Gasteiger partial charge in [0.15, 0.2) is 23.7 Å². The molecule has 11 atom stereocenters. The third-order valence-electron chi connectivity index (χ3n) is 8.25. The maximum Gasteiger partial charge on any atom is 0.490 e. The summed E-state index contributed by atoms with van der Waals surface area (Å²) in [7, 11) is -15.6. The molecule has 3 fully saturated rings. The Hall–Kier alpha value is -3.33. The van der Waals surface area contributed by atoms with Crippen molar-refractivity contribution in [3.63, 3.8) is 0 Å². The molecule has 5 unspecified atom stereocenters. The molecular formula is C23H31N9O18P3+. The van der Waals surface area contributed by atoms with Gasteiger partial charge in [0.25, 0.3) is 17.1 Å². The van der Waals surface area contributed by atoms with Crippen molar-refractivity contribution in [2.45, 2.75) is 56.0 Å². The predicted octanol–water partition coefficient (Wildman–Crippen LogP) is -2.80. The van der Waals surface area contributed by atoms with Gasteiger partial charge in [0, 0.05) is 0 Å². The van der Waals surface area contributed by atoms with Crippen molar-refractivity contribution < 1.29 is 79.8 Å². The average molecular weight is 814 g/mol. The Labute approximate surface area is 293 Å². The quantitative estimate of drug-likeness (QED) is 0.0529. The molecule has 290 valence electrons. The molecule has 53 heavy (non-hydrogen) atoms. The molecule has 0 aromatic carbocycles. The molecule has 7 heterocycles. The van der Waals surface area contributed by atoms with Crippen molar-refractivity contribution in [2.24, 2.45) is 7.05 Å². The summed E-state index contributed by atoms with van der Waals surface area (Å²) in [4.78, 5) is 72.0. The van der Waals surface area contributed by atoms with Gasteiger partial charge in [0.2, 0.25) is 11.7 Å². The number of hydrogen-bond donors (Lipinski definition) is 8. The number of ether oxygens (including phenoxy) is 4. The Balaban J connectivity index is 0.958. The summed E-state index contributed by atoms with van der Waals surface area (Å²) >= 11 is 0. The van der Waals surface area contributed by atoms with Gasteiger partial charge in [-0.15, -0.1) is 0 Å². The first-order valence-corrected chi connectivity index (χ1v) is 19.6. The van der Waals surface area contributed by atoms with Crippen LogP contribution in [0.2, 0.25) is 0 Å². The van der Waals surface area contributed by atoms with E-state index in [0.717, 1.165) is 10.9 Å². The summed E-state index contributed by atoms with van der Waals surface area (Å²) in [5.41, 5.74) is 4.72. The summed E-state index contributed by atoms with van der Waals surface area (Å²) in [5.74, 6) is 0.0200. The molecule has 27 nitrogen and oxygen atoms in total. The molecule has 0 radical (unpaired) electrons. The molecular weight excluding hydrogens is 783 g/mol. The van der Waals surface area contributed by atoms with Gasteiger partial charge in [-0.3, -0.25) is 32.8 Å². The van der Waals surface area contributed by atoms with Gasteiger partial charge in [-0.1, -0.05) is 4.98 Å². The van der Waals surface area contributed by atoms with Crippen molar-refractivity contribution in [3.05, 3.63) is 39.2 Å². The number of aliphatic hydroxyl groups is 2. The zero-order valence-electron chi connectivity index (χ0n) is 27.0. The molecule has 4 aromatic heterocycles. The third-order valence-corrected chi connectivity index (χ3v) is 12.5. The SMILES string of the molecule is Cc1nc2c(ncn2[C@@H]2O[C@H](COP(=O)(O)OP(=O)(O)OP(=O)(O)OC[C@H]3O[C@@H]([n+]4cn(C)c5c(=O)[nH]c(N)nc54)[C@H]4OCOC34)C(O)[C@@H]2O)c(=O)[nH]1. The van der Waals surface area contributed by atoms with E-state index < -0.39 is 96.9 Å². The van der Waals surface area contributed by atoms with Gasteiger partial charge < -0.3 is 54.6 Å². The maximum absolute atomic E-state index is 12.7. The first kappa shape index (κ1) is 38.0. The minimum atomic E-state index is -5.93. The third kappa shape index (κ3) is 7.40. The Morgan fingerprint density at radius 2 is 1.60 bits per heavy atom. The summed E-state index contributed by atoms with van der Waals surface area (Å²) in [6, 6.07) is 0. The van der Waals surface area contributed by atoms with Crippen molar-refractivity contribution in [2.75, 3.05) is 25.7 Å². The van der Waals surface area contributed by atoms with E-state index in [1.807, 2.05) is 0 Å². The van der Waals surface area contributed by atoms with Crippen LogP contribution in [0.5, 0.6) is 0 Å². The van der Waals surface area contributed by atoms with Gasteiger partial charge in [0.05, 0.1) is 26.6 Å². The van der Waals surface area contributed by atoms with E-state index in [-0.39, 0.29) is 40.9 Å². The van der Waals surface area contributed by atoms with Gasteiger partial charge >= 0.3 is 29.1 Å². The Bertz CT molecular complexity index is 2330. The van der Waals surface area contributed by atoms with E-state index >= 15 is 0 Å². The van der Waals surface area contributed by atoms with Crippen molar-refractivity contribution in [3.8, 4) is 0 Å². The molecule has 0 aliphatic carbocycles. The first-order valence-electron chi connectivity index (χ1n) is 15.1. The number of imidazole rings is 2. The molecule has 4 aromatic rings. The summed E-state index contributed by atoms with van der Waals surface area (Å²) in [5, 5.41) is 21.1. The number of nitrogen functional groups attached to an aromatic ring is 1. The van der Waals surface area contributed by atoms with Gasteiger partial charge in [0.1, 0.15) is 49.2 Å². The number of hydrogen-bond acceptors (Lipinski definition) is 19. The Kier molecular flexibility index (Phi) is 9.85. The highest BCUT2D eigenvalue weighted by Crippen LogP contribution is 2.68. The standard InChI is InChI=1S/C23H30N9O18P3/c1-8-26-17-11(19(35)27-8)25-5-31(17)21-14(34)13(33)9(47-21)3-45-51(37,38)49-53(41,42)50-52(39,40)46-4-10-15-16(44-7-43-15)22(48-10)32-6-30(2)12-18(32)28-23(24)29-20(12)36/h5-6,9-10,13-16,21-22,33-34H,3-4,7H2,1-2H3,(H6-,24,26,27,28,29,35,36,37,38,39,40,41,42)/p+1/t9-,10-,13?,14+,15?,16+,21-,22-/m1/s1. The number of aliphatic hydroxyl groups excluding tert-OH is 2. The summed E-state index contributed by atoms with van der Waals surface area (Å²) < 4.78 is 82.1. The molecule has 3 aliphatic heterocycles. The number of nitrogens with zero attached hydrogens (tertiary/aromatic N) is 6. The van der Waals surface area contributed by atoms with Crippen LogP contribution in [0.3, 0.4) is 0 Å². The smallest absolute Gasteiger partial charge is 0.387 e. The van der Waals surface area contributed by atoms with Gasteiger partial charge in [-0.25, -0.2) is 28.2 Å². The van der Waals surface area contributed by atoms with Crippen LogP contribution in [0.25, 0.3) is 22.3 Å². The van der Waals surface area contributed by atoms with Crippen LogP contribution in [-0.2, 0) is 57.4 Å². The molecule has 0 spiro atoms.